The van der Waals surface area contributed by atoms with E-state index >= 15 is 0 Å². The Kier molecular flexibility index (Phi) is 5.71. The van der Waals surface area contributed by atoms with Gasteiger partial charge >= 0.3 is 0 Å². The molecule has 0 saturated heterocycles. The summed E-state index contributed by atoms with van der Waals surface area (Å²) in [6.07, 6.45) is 0. The van der Waals surface area contributed by atoms with Crippen molar-refractivity contribution in [2.45, 2.75) is 33.7 Å². The van der Waals surface area contributed by atoms with Crippen LogP contribution in [-0.2, 0) is 4.79 Å². The van der Waals surface area contributed by atoms with Crippen molar-refractivity contribution in [3.8, 4) is 11.3 Å². The quantitative estimate of drug-likeness (QED) is 0.850. The first-order valence-corrected chi connectivity index (χ1v) is 8.38. The molecule has 0 unspecified atom stereocenters. The first-order valence-electron chi connectivity index (χ1n) is 8.01. The summed E-state index contributed by atoms with van der Waals surface area (Å²) in [7, 11) is 1.49. The molecule has 2 N–H and O–H groups in total. The number of aromatic nitrogens is 1. The first-order chi connectivity index (χ1) is 12.1. The largest absolute Gasteiger partial charge is 0.360 e. The minimum absolute atomic E-state index is 0.00679. The fourth-order valence-corrected chi connectivity index (χ4v) is 2.81. The van der Waals surface area contributed by atoms with Gasteiger partial charge in [0.1, 0.15) is 28.9 Å². The number of carbonyl (C=O) groups excluding carboxylic acids is 2. The molecular formula is C18H21ClFN3O3. The van der Waals surface area contributed by atoms with E-state index < -0.39 is 23.2 Å². The van der Waals surface area contributed by atoms with Crippen LogP contribution in [0.1, 0.15) is 36.9 Å². The van der Waals surface area contributed by atoms with Gasteiger partial charge in [-0.2, -0.15) is 0 Å². The summed E-state index contributed by atoms with van der Waals surface area (Å²) in [5.74, 6) is -1.37. The molecule has 6 nitrogen and oxygen atoms in total. The number of aryl methyl sites for hydroxylation is 1. The van der Waals surface area contributed by atoms with Crippen LogP contribution in [-0.4, -0.2) is 30.1 Å². The summed E-state index contributed by atoms with van der Waals surface area (Å²) in [6, 6.07) is 3.36. The molecule has 0 radical (unpaired) electrons. The smallest absolute Gasteiger partial charge is 0.257 e. The van der Waals surface area contributed by atoms with E-state index in [1.807, 2.05) is 20.8 Å². The van der Waals surface area contributed by atoms with Crippen molar-refractivity contribution in [2.24, 2.45) is 5.41 Å². The molecule has 2 amide bonds. The highest BCUT2D eigenvalue weighted by atomic mass is 35.5. The molecule has 0 aliphatic carbocycles. The summed E-state index contributed by atoms with van der Waals surface area (Å²) < 4.78 is 19.4. The lowest BCUT2D eigenvalue weighted by Crippen LogP contribution is -2.53. The summed E-state index contributed by atoms with van der Waals surface area (Å²) in [5.41, 5.74) is -0.539. The standard InChI is InChI=1S/C18H21ClFN3O3/c1-9-12(16(24)22-15(17(25)21-5)18(2,3)4)14(23-26-9)13-10(19)7-6-8-11(13)20/h6-8,15H,1-5H3,(H,21,25)(H,22,24)/t15-/m1/s1. The SMILES string of the molecule is CNC(=O)[C@@H](NC(=O)c1c(-c2c(F)cccc2Cl)noc1C)C(C)(C)C. The molecule has 8 heteroatoms. The highest BCUT2D eigenvalue weighted by Crippen LogP contribution is 2.33. The topological polar surface area (TPSA) is 84.2 Å². The lowest BCUT2D eigenvalue weighted by Gasteiger charge is -2.29. The van der Waals surface area contributed by atoms with E-state index in [0.29, 0.717) is 0 Å². The predicted octanol–water partition coefficient (Wildman–Crippen LogP) is 3.33. The van der Waals surface area contributed by atoms with Crippen LogP contribution in [0.3, 0.4) is 0 Å². The zero-order valence-electron chi connectivity index (χ0n) is 15.2. The summed E-state index contributed by atoms with van der Waals surface area (Å²) in [5, 5.41) is 9.12. The van der Waals surface area contributed by atoms with Gasteiger partial charge in [-0.1, -0.05) is 43.6 Å². The van der Waals surface area contributed by atoms with Crippen molar-refractivity contribution >= 4 is 23.4 Å². The molecule has 140 valence electrons. The van der Waals surface area contributed by atoms with Crippen molar-refractivity contribution in [2.75, 3.05) is 7.05 Å². The van der Waals surface area contributed by atoms with Crippen LogP contribution in [0.5, 0.6) is 0 Å². The molecule has 2 rings (SSSR count). The van der Waals surface area contributed by atoms with E-state index in [2.05, 4.69) is 15.8 Å². The molecule has 26 heavy (non-hydrogen) atoms. The second-order valence-corrected chi connectivity index (χ2v) is 7.35. The second-order valence-electron chi connectivity index (χ2n) is 6.95. The van der Waals surface area contributed by atoms with Crippen LogP contribution in [0.4, 0.5) is 4.39 Å². The Morgan fingerprint density at radius 3 is 2.50 bits per heavy atom. The third-order valence-electron chi connectivity index (χ3n) is 3.94. The molecule has 1 aromatic heterocycles. The Balaban J connectivity index is 2.48. The second kappa shape index (κ2) is 7.45. The van der Waals surface area contributed by atoms with Crippen LogP contribution in [0, 0.1) is 18.2 Å². The number of benzene rings is 1. The zero-order chi connectivity index (χ0) is 19.6. The molecule has 0 aliphatic rings. The Labute approximate surface area is 156 Å². The first kappa shape index (κ1) is 19.9. The van der Waals surface area contributed by atoms with E-state index in [-0.39, 0.29) is 33.5 Å². The number of nitrogens with one attached hydrogen (secondary N) is 2. The molecule has 0 aliphatic heterocycles. The molecule has 1 heterocycles. The van der Waals surface area contributed by atoms with Crippen LogP contribution in [0.2, 0.25) is 5.02 Å². The van der Waals surface area contributed by atoms with Gasteiger partial charge in [0.05, 0.1) is 10.6 Å². The predicted molar refractivity (Wildman–Crippen MR) is 96.4 cm³/mol. The highest BCUT2D eigenvalue weighted by molar-refractivity contribution is 6.33. The molecule has 0 spiro atoms. The molecule has 2 aromatic rings. The molecule has 0 saturated carbocycles. The van der Waals surface area contributed by atoms with Gasteiger partial charge < -0.3 is 15.2 Å². The Morgan fingerprint density at radius 2 is 1.96 bits per heavy atom. The third kappa shape index (κ3) is 3.88. The Hall–Kier alpha value is -2.41. The number of likely N-dealkylation sites (N-methyl/N-ethyl adjacent to an activating group) is 1. The van der Waals surface area contributed by atoms with Gasteiger partial charge in [0.2, 0.25) is 5.91 Å². The fraction of sp³-hybridized carbons (Fsp3) is 0.389. The van der Waals surface area contributed by atoms with Gasteiger partial charge in [0.25, 0.3) is 5.91 Å². The van der Waals surface area contributed by atoms with E-state index in [1.54, 1.807) is 0 Å². The van der Waals surface area contributed by atoms with Crippen molar-refractivity contribution in [3.05, 3.63) is 40.4 Å². The van der Waals surface area contributed by atoms with Crippen LogP contribution in [0.25, 0.3) is 11.3 Å². The number of halogens is 2. The highest BCUT2D eigenvalue weighted by Gasteiger charge is 2.34. The summed E-state index contributed by atoms with van der Waals surface area (Å²) in [6.45, 7) is 7.00. The molecular weight excluding hydrogens is 361 g/mol. The zero-order valence-corrected chi connectivity index (χ0v) is 16.0. The van der Waals surface area contributed by atoms with Gasteiger partial charge in [-0.05, 0) is 24.5 Å². The number of nitrogens with zero attached hydrogens (tertiary/aromatic N) is 1. The summed E-state index contributed by atoms with van der Waals surface area (Å²) >= 11 is 6.08. The van der Waals surface area contributed by atoms with Crippen molar-refractivity contribution in [1.82, 2.24) is 15.8 Å². The maximum atomic E-state index is 14.3. The van der Waals surface area contributed by atoms with Crippen molar-refractivity contribution in [3.63, 3.8) is 0 Å². The van der Waals surface area contributed by atoms with E-state index in [4.69, 9.17) is 16.1 Å². The average molecular weight is 382 g/mol. The summed E-state index contributed by atoms with van der Waals surface area (Å²) in [4.78, 5) is 25.0. The fourth-order valence-electron chi connectivity index (χ4n) is 2.56. The lowest BCUT2D eigenvalue weighted by atomic mass is 9.86. The normalized spacial score (nSPS) is 12.6. The average Bonchev–Trinajstić information content (AvgIpc) is 2.92. The van der Waals surface area contributed by atoms with Gasteiger partial charge in [-0.25, -0.2) is 4.39 Å². The maximum absolute atomic E-state index is 14.3. The maximum Gasteiger partial charge on any atom is 0.257 e. The Bertz CT molecular complexity index is 822. The van der Waals surface area contributed by atoms with Gasteiger partial charge in [0, 0.05) is 7.05 Å². The lowest BCUT2D eigenvalue weighted by molar-refractivity contribution is -0.124. The number of carbonyl (C=O) groups is 2. The van der Waals surface area contributed by atoms with Gasteiger partial charge in [0.15, 0.2) is 0 Å². The molecule has 0 fully saturated rings. The van der Waals surface area contributed by atoms with Crippen molar-refractivity contribution in [1.29, 1.82) is 0 Å². The monoisotopic (exact) mass is 381 g/mol. The van der Waals surface area contributed by atoms with Crippen molar-refractivity contribution < 1.29 is 18.5 Å². The molecule has 0 bridgehead atoms. The number of hydrogen-bond acceptors (Lipinski definition) is 4. The van der Waals surface area contributed by atoms with Crippen LogP contribution >= 0.6 is 11.6 Å². The third-order valence-corrected chi connectivity index (χ3v) is 4.25. The number of amides is 2. The van der Waals surface area contributed by atoms with Crippen LogP contribution < -0.4 is 10.6 Å². The van der Waals surface area contributed by atoms with Gasteiger partial charge in [-0.3, -0.25) is 9.59 Å². The van der Waals surface area contributed by atoms with E-state index in [0.717, 1.165) is 0 Å². The Morgan fingerprint density at radius 1 is 1.31 bits per heavy atom. The molecule has 1 aromatic carbocycles. The van der Waals surface area contributed by atoms with Gasteiger partial charge in [-0.15, -0.1) is 0 Å². The van der Waals surface area contributed by atoms with E-state index in [9.17, 15) is 14.0 Å². The minimum atomic E-state index is -0.807. The van der Waals surface area contributed by atoms with E-state index in [1.165, 1.54) is 32.2 Å². The molecule has 1 atom stereocenters. The number of rotatable bonds is 4. The van der Waals surface area contributed by atoms with Crippen LogP contribution in [0.15, 0.2) is 22.7 Å². The number of hydrogen-bond donors (Lipinski definition) is 2. The minimum Gasteiger partial charge on any atom is -0.360 e.